The van der Waals surface area contributed by atoms with E-state index < -0.39 is 0 Å². The maximum atomic E-state index is 12.8. The fourth-order valence-electron chi connectivity index (χ4n) is 3.65. The molecule has 31 heavy (non-hydrogen) atoms. The summed E-state index contributed by atoms with van der Waals surface area (Å²) in [7, 11) is 0. The Labute approximate surface area is 188 Å². The number of aromatic nitrogens is 5. The average molecular weight is 454 g/mol. The number of piperazine rings is 1. The molecule has 10 heteroatoms. The van der Waals surface area contributed by atoms with Gasteiger partial charge in [-0.3, -0.25) is 4.79 Å². The maximum Gasteiger partial charge on any atom is 0.254 e. The van der Waals surface area contributed by atoms with Crippen LogP contribution in [0.15, 0.2) is 54.9 Å². The van der Waals surface area contributed by atoms with Crippen LogP contribution in [-0.2, 0) is 0 Å². The van der Waals surface area contributed by atoms with Gasteiger partial charge in [-0.25, -0.2) is 9.97 Å². The SMILES string of the molecule is O=C(c1cccc(Cl)c1)N1CCN(c2ncnc3c2nnn3-c2ccc(Cl)cc2)CC1. The molecule has 1 amide bonds. The van der Waals surface area contributed by atoms with E-state index >= 15 is 0 Å². The highest BCUT2D eigenvalue weighted by molar-refractivity contribution is 6.31. The first-order valence-corrected chi connectivity index (χ1v) is 10.5. The number of hydrogen-bond donors (Lipinski definition) is 0. The fourth-order valence-corrected chi connectivity index (χ4v) is 3.97. The van der Waals surface area contributed by atoms with Crippen molar-refractivity contribution in [3.63, 3.8) is 0 Å². The zero-order valence-corrected chi connectivity index (χ0v) is 17.8. The van der Waals surface area contributed by atoms with E-state index in [2.05, 4.69) is 25.2 Å². The molecule has 0 radical (unpaired) electrons. The van der Waals surface area contributed by atoms with Crippen LogP contribution >= 0.6 is 23.2 Å². The largest absolute Gasteiger partial charge is 0.351 e. The van der Waals surface area contributed by atoms with E-state index in [4.69, 9.17) is 23.2 Å². The van der Waals surface area contributed by atoms with E-state index in [-0.39, 0.29) is 5.91 Å². The molecule has 0 unspecified atom stereocenters. The Hall–Kier alpha value is -3.23. The molecule has 0 atom stereocenters. The van der Waals surface area contributed by atoms with Crippen LogP contribution in [0.25, 0.3) is 16.9 Å². The highest BCUT2D eigenvalue weighted by Gasteiger charge is 2.25. The topological polar surface area (TPSA) is 80.0 Å². The minimum Gasteiger partial charge on any atom is -0.351 e. The van der Waals surface area contributed by atoms with Crippen molar-refractivity contribution >= 4 is 46.1 Å². The van der Waals surface area contributed by atoms with Crippen molar-refractivity contribution in [3.8, 4) is 5.69 Å². The van der Waals surface area contributed by atoms with E-state index in [1.165, 1.54) is 6.33 Å². The minimum atomic E-state index is -0.0244. The molecule has 5 rings (SSSR count). The molecule has 8 nitrogen and oxygen atoms in total. The quantitative estimate of drug-likeness (QED) is 0.472. The van der Waals surface area contributed by atoms with Crippen molar-refractivity contribution in [2.24, 2.45) is 0 Å². The number of carbonyl (C=O) groups is 1. The van der Waals surface area contributed by atoms with Gasteiger partial charge in [0, 0.05) is 41.8 Å². The molecule has 4 aromatic rings. The van der Waals surface area contributed by atoms with Gasteiger partial charge in [-0.1, -0.05) is 34.5 Å². The second-order valence-corrected chi connectivity index (χ2v) is 8.01. The van der Waals surface area contributed by atoms with Gasteiger partial charge in [0.05, 0.1) is 5.69 Å². The normalized spacial score (nSPS) is 14.3. The van der Waals surface area contributed by atoms with Crippen LogP contribution in [0.3, 0.4) is 0 Å². The van der Waals surface area contributed by atoms with E-state index in [0.717, 1.165) is 5.69 Å². The van der Waals surface area contributed by atoms with Gasteiger partial charge in [0.2, 0.25) is 0 Å². The summed E-state index contributed by atoms with van der Waals surface area (Å²) in [5, 5.41) is 9.78. The first-order chi connectivity index (χ1) is 15.1. The van der Waals surface area contributed by atoms with Crippen LogP contribution in [0.1, 0.15) is 10.4 Å². The number of anilines is 1. The summed E-state index contributed by atoms with van der Waals surface area (Å²) in [5.74, 6) is 0.684. The summed E-state index contributed by atoms with van der Waals surface area (Å²) < 4.78 is 1.66. The predicted octanol–water partition coefficient (Wildman–Crippen LogP) is 3.48. The number of carbonyl (C=O) groups excluding carboxylic acids is 1. The molecule has 3 heterocycles. The molecule has 0 N–H and O–H groups in total. The van der Waals surface area contributed by atoms with Crippen molar-refractivity contribution in [3.05, 3.63) is 70.5 Å². The molecule has 0 bridgehead atoms. The summed E-state index contributed by atoms with van der Waals surface area (Å²) in [6.45, 7) is 2.41. The molecular weight excluding hydrogens is 437 g/mol. The standard InChI is InChI=1S/C21H17Cl2N7O/c22-15-4-6-17(7-5-15)30-20-18(26-27-30)19(24-13-25-20)28-8-10-29(11-9-28)21(31)14-2-1-3-16(23)12-14/h1-7,12-13H,8-11H2. The van der Waals surface area contributed by atoms with Crippen molar-refractivity contribution in [1.29, 1.82) is 0 Å². The Morgan fingerprint density at radius 2 is 1.68 bits per heavy atom. The second kappa shape index (κ2) is 8.13. The molecule has 1 aliphatic heterocycles. The lowest BCUT2D eigenvalue weighted by atomic mass is 10.2. The predicted molar refractivity (Wildman–Crippen MR) is 119 cm³/mol. The summed E-state index contributed by atoms with van der Waals surface area (Å²) >= 11 is 12.0. The number of fused-ring (bicyclic) bond motifs is 1. The van der Waals surface area contributed by atoms with E-state index in [1.54, 1.807) is 41.1 Å². The number of benzene rings is 2. The molecule has 0 saturated carbocycles. The van der Waals surface area contributed by atoms with Gasteiger partial charge in [0.25, 0.3) is 5.91 Å². The number of hydrogen-bond acceptors (Lipinski definition) is 6. The van der Waals surface area contributed by atoms with Crippen LogP contribution < -0.4 is 4.90 Å². The van der Waals surface area contributed by atoms with E-state index in [0.29, 0.717) is 58.8 Å². The van der Waals surface area contributed by atoms with Crippen molar-refractivity contribution in [2.75, 3.05) is 31.1 Å². The third-order valence-electron chi connectivity index (χ3n) is 5.23. The molecule has 0 aliphatic carbocycles. The average Bonchev–Trinajstić information content (AvgIpc) is 3.23. The third kappa shape index (κ3) is 3.80. The van der Waals surface area contributed by atoms with Crippen molar-refractivity contribution in [2.45, 2.75) is 0 Å². The highest BCUT2D eigenvalue weighted by Crippen LogP contribution is 2.24. The van der Waals surface area contributed by atoms with Gasteiger partial charge < -0.3 is 9.80 Å². The van der Waals surface area contributed by atoms with Crippen LogP contribution in [0.4, 0.5) is 5.82 Å². The number of nitrogens with zero attached hydrogens (tertiary/aromatic N) is 7. The lowest BCUT2D eigenvalue weighted by Crippen LogP contribution is -2.49. The maximum absolute atomic E-state index is 12.8. The van der Waals surface area contributed by atoms with E-state index in [9.17, 15) is 4.79 Å². The molecule has 2 aromatic heterocycles. The molecule has 2 aromatic carbocycles. The summed E-state index contributed by atoms with van der Waals surface area (Å²) in [6, 6.07) is 14.3. The fraction of sp³-hybridized carbons (Fsp3) is 0.190. The second-order valence-electron chi connectivity index (χ2n) is 7.14. The van der Waals surface area contributed by atoms with Crippen molar-refractivity contribution in [1.82, 2.24) is 29.9 Å². The Morgan fingerprint density at radius 1 is 0.903 bits per heavy atom. The van der Waals surface area contributed by atoms with Gasteiger partial charge in [0.1, 0.15) is 6.33 Å². The molecule has 0 spiro atoms. The summed E-state index contributed by atoms with van der Waals surface area (Å²) in [5.41, 5.74) is 2.64. The summed E-state index contributed by atoms with van der Waals surface area (Å²) in [6.07, 6.45) is 1.51. The monoisotopic (exact) mass is 453 g/mol. The third-order valence-corrected chi connectivity index (χ3v) is 5.71. The van der Waals surface area contributed by atoms with Crippen LogP contribution in [-0.4, -0.2) is 61.9 Å². The van der Waals surface area contributed by atoms with Crippen molar-refractivity contribution < 1.29 is 4.79 Å². The van der Waals surface area contributed by atoms with Crippen LogP contribution in [0.2, 0.25) is 10.0 Å². The van der Waals surface area contributed by atoms with Crippen LogP contribution in [0.5, 0.6) is 0 Å². The summed E-state index contributed by atoms with van der Waals surface area (Å²) in [4.78, 5) is 25.5. The van der Waals surface area contributed by atoms with Crippen LogP contribution in [0, 0.1) is 0 Å². The molecule has 156 valence electrons. The van der Waals surface area contributed by atoms with Gasteiger partial charge in [-0.05, 0) is 42.5 Å². The first kappa shape index (κ1) is 19.7. The molecule has 1 aliphatic rings. The van der Waals surface area contributed by atoms with Gasteiger partial charge in [-0.15, -0.1) is 5.10 Å². The first-order valence-electron chi connectivity index (χ1n) is 9.72. The van der Waals surface area contributed by atoms with E-state index in [1.807, 2.05) is 17.0 Å². The van der Waals surface area contributed by atoms with Gasteiger partial charge in [-0.2, -0.15) is 4.68 Å². The Balaban J connectivity index is 1.36. The Bertz CT molecular complexity index is 1250. The zero-order valence-electron chi connectivity index (χ0n) is 16.3. The minimum absolute atomic E-state index is 0.0244. The molecule has 1 fully saturated rings. The zero-order chi connectivity index (χ0) is 21.4. The number of amides is 1. The lowest BCUT2D eigenvalue weighted by Gasteiger charge is -2.35. The molecule has 1 saturated heterocycles. The highest BCUT2D eigenvalue weighted by atomic mass is 35.5. The number of halogens is 2. The Morgan fingerprint density at radius 3 is 2.42 bits per heavy atom. The Kier molecular flexibility index (Phi) is 5.17. The van der Waals surface area contributed by atoms with Gasteiger partial charge >= 0.3 is 0 Å². The number of rotatable bonds is 3. The molecular formula is C21H17Cl2N7O. The van der Waals surface area contributed by atoms with Gasteiger partial charge in [0.15, 0.2) is 17.0 Å². The lowest BCUT2D eigenvalue weighted by molar-refractivity contribution is 0.0746. The smallest absolute Gasteiger partial charge is 0.254 e.